The lowest BCUT2D eigenvalue weighted by Gasteiger charge is -2.23. The van der Waals surface area contributed by atoms with Gasteiger partial charge in [0.2, 0.25) is 0 Å². The van der Waals surface area contributed by atoms with Crippen LogP contribution in [-0.2, 0) is 6.54 Å². The van der Waals surface area contributed by atoms with Crippen LogP contribution in [0.2, 0.25) is 0 Å². The van der Waals surface area contributed by atoms with Crippen molar-refractivity contribution in [3.63, 3.8) is 0 Å². The fourth-order valence-electron chi connectivity index (χ4n) is 1.63. The van der Waals surface area contributed by atoms with Gasteiger partial charge in [0.1, 0.15) is 5.75 Å². The fourth-order valence-corrected chi connectivity index (χ4v) is 2.24. The zero-order valence-electron chi connectivity index (χ0n) is 10.3. The minimum atomic E-state index is -4.24. The molecule has 0 saturated heterocycles. The van der Waals surface area contributed by atoms with Crippen molar-refractivity contribution >= 4 is 27.5 Å². The summed E-state index contributed by atoms with van der Waals surface area (Å²) in [6, 6.07) is 5.20. The van der Waals surface area contributed by atoms with E-state index in [9.17, 15) is 13.2 Å². The molecule has 0 fully saturated rings. The first-order chi connectivity index (χ1) is 8.85. The zero-order chi connectivity index (χ0) is 14.5. The van der Waals surface area contributed by atoms with E-state index in [1.54, 1.807) is 18.2 Å². The molecule has 0 unspecified atom stereocenters. The van der Waals surface area contributed by atoms with Gasteiger partial charge in [-0.3, -0.25) is 4.90 Å². The Morgan fingerprint density at radius 2 is 2.05 bits per heavy atom. The van der Waals surface area contributed by atoms with Crippen molar-refractivity contribution in [3.05, 3.63) is 28.2 Å². The Morgan fingerprint density at radius 3 is 2.58 bits per heavy atom. The summed E-state index contributed by atoms with van der Waals surface area (Å²) in [6.07, 6.45) is -4.24. The van der Waals surface area contributed by atoms with E-state index in [4.69, 9.17) is 16.3 Å². The van der Waals surface area contributed by atoms with E-state index in [2.05, 4.69) is 15.9 Å². The van der Waals surface area contributed by atoms with Gasteiger partial charge in [0.15, 0.2) is 0 Å². The third-order valence-electron chi connectivity index (χ3n) is 2.45. The summed E-state index contributed by atoms with van der Waals surface area (Å²) in [5, 5.41) is 0. The van der Waals surface area contributed by atoms with Crippen LogP contribution < -0.4 is 4.74 Å². The summed E-state index contributed by atoms with van der Waals surface area (Å²) in [7, 11) is 1.51. The summed E-state index contributed by atoms with van der Waals surface area (Å²) in [5.41, 5.74) is 0.730. The average Bonchev–Trinajstić information content (AvgIpc) is 2.30. The van der Waals surface area contributed by atoms with Crippen LogP contribution in [0.4, 0.5) is 13.2 Å². The van der Waals surface area contributed by atoms with Crippen molar-refractivity contribution in [3.8, 4) is 5.75 Å². The predicted octanol–water partition coefficient (Wildman–Crippen LogP) is 4.06. The lowest BCUT2D eigenvalue weighted by Crippen LogP contribution is -2.35. The normalized spacial score (nSPS) is 11.9. The monoisotopic (exact) mass is 359 g/mol. The quantitative estimate of drug-likeness (QED) is 0.709. The Labute approximate surface area is 123 Å². The highest BCUT2D eigenvalue weighted by Crippen LogP contribution is 2.25. The van der Waals surface area contributed by atoms with Crippen LogP contribution in [0.25, 0.3) is 0 Å². The number of rotatable bonds is 6. The van der Waals surface area contributed by atoms with E-state index in [0.717, 1.165) is 10.0 Å². The molecule has 0 amide bonds. The molecule has 0 N–H and O–H groups in total. The van der Waals surface area contributed by atoms with E-state index in [0.29, 0.717) is 5.75 Å². The smallest absolute Gasteiger partial charge is 0.401 e. The summed E-state index contributed by atoms with van der Waals surface area (Å²) < 4.78 is 43.2. The first-order valence-corrected chi connectivity index (χ1v) is 6.86. The van der Waals surface area contributed by atoms with Gasteiger partial charge in [-0.15, -0.1) is 11.6 Å². The van der Waals surface area contributed by atoms with Crippen LogP contribution in [0.1, 0.15) is 5.56 Å². The molecule has 2 nitrogen and oxygen atoms in total. The van der Waals surface area contributed by atoms with Crippen LogP contribution in [0.15, 0.2) is 22.7 Å². The molecule has 108 valence electrons. The Bertz CT molecular complexity index is 414. The molecule has 7 heteroatoms. The van der Waals surface area contributed by atoms with Gasteiger partial charge in [0, 0.05) is 23.4 Å². The molecule has 0 spiro atoms. The lowest BCUT2D eigenvalue weighted by atomic mass is 10.2. The van der Waals surface area contributed by atoms with Gasteiger partial charge in [-0.05, 0) is 23.8 Å². The third-order valence-corrected chi connectivity index (χ3v) is 3.39. The molecule has 1 rings (SSSR count). The summed E-state index contributed by atoms with van der Waals surface area (Å²) >= 11 is 8.87. The predicted molar refractivity (Wildman–Crippen MR) is 72.7 cm³/mol. The van der Waals surface area contributed by atoms with E-state index >= 15 is 0 Å². The minimum Gasteiger partial charge on any atom is -0.497 e. The Kier molecular flexibility index (Phi) is 6.42. The Hall–Kier alpha value is -0.460. The van der Waals surface area contributed by atoms with E-state index in [1.807, 2.05) is 0 Å². The van der Waals surface area contributed by atoms with Crippen LogP contribution in [0.3, 0.4) is 0 Å². The zero-order valence-corrected chi connectivity index (χ0v) is 12.6. The molecule has 1 aromatic carbocycles. The molecule has 0 atom stereocenters. The van der Waals surface area contributed by atoms with Crippen molar-refractivity contribution in [2.45, 2.75) is 12.7 Å². The minimum absolute atomic E-state index is 0.150. The molecule has 0 aromatic heterocycles. The maximum absolute atomic E-state index is 12.5. The number of hydrogen-bond acceptors (Lipinski definition) is 2. The van der Waals surface area contributed by atoms with Crippen molar-refractivity contribution in [2.75, 3.05) is 26.1 Å². The molecule has 0 radical (unpaired) electrons. The summed E-state index contributed by atoms with van der Waals surface area (Å²) in [4.78, 5) is 1.26. The van der Waals surface area contributed by atoms with Crippen molar-refractivity contribution in [1.82, 2.24) is 4.90 Å². The molecule has 0 bridgehead atoms. The molecule has 0 aliphatic carbocycles. The van der Waals surface area contributed by atoms with E-state index in [1.165, 1.54) is 12.0 Å². The van der Waals surface area contributed by atoms with Crippen molar-refractivity contribution in [2.24, 2.45) is 0 Å². The topological polar surface area (TPSA) is 12.5 Å². The highest BCUT2D eigenvalue weighted by molar-refractivity contribution is 9.10. The highest BCUT2D eigenvalue weighted by atomic mass is 79.9. The van der Waals surface area contributed by atoms with Crippen molar-refractivity contribution < 1.29 is 17.9 Å². The Morgan fingerprint density at radius 1 is 1.37 bits per heavy atom. The number of halogens is 5. The van der Waals surface area contributed by atoms with E-state index < -0.39 is 12.7 Å². The SMILES string of the molecule is COc1ccc(Br)c(CN(CCCl)CC(F)(F)F)c1. The lowest BCUT2D eigenvalue weighted by molar-refractivity contribution is -0.146. The third kappa shape index (κ3) is 6.01. The second kappa shape index (κ2) is 7.36. The number of nitrogens with zero attached hydrogens (tertiary/aromatic N) is 1. The van der Waals surface area contributed by atoms with E-state index in [-0.39, 0.29) is 19.0 Å². The second-order valence-corrected chi connectivity index (χ2v) is 5.20. The molecular formula is C12H14BrClF3NO. The first kappa shape index (κ1) is 16.6. The van der Waals surface area contributed by atoms with Crippen molar-refractivity contribution in [1.29, 1.82) is 0 Å². The molecule has 0 saturated carbocycles. The van der Waals surface area contributed by atoms with Crippen LogP contribution in [0, 0.1) is 0 Å². The highest BCUT2D eigenvalue weighted by Gasteiger charge is 2.30. The van der Waals surface area contributed by atoms with Crippen LogP contribution in [-0.4, -0.2) is 37.2 Å². The number of methoxy groups -OCH3 is 1. The van der Waals surface area contributed by atoms with Gasteiger partial charge in [-0.2, -0.15) is 13.2 Å². The maximum Gasteiger partial charge on any atom is 0.401 e. The number of ether oxygens (including phenoxy) is 1. The van der Waals surface area contributed by atoms with Gasteiger partial charge in [0.05, 0.1) is 13.7 Å². The summed E-state index contributed by atoms with van der Waals surface area (Å²) in [5.74, 6) is 0.758. The number of alkyl halides is 4. The number of hydrogen-bond donors (Lipinski definition) is 0. The molecular weight excluding hydrogens is 346 g/mol. The summed E-state index contributed by atoms with van der Waals surface area (Å²) in [6.45, 7) is -0.655. The van der Waals surface area contributed by atoms with Gasteiger partial charge < -0.3 is 4.74 Å². The molecule has 0 heterocycles. The average molecular weight is 361 g/mol. The van der Waals surface area contributed by atoms with Gasteiger partial charge in [0.25, 0.3) is 0 Å². The number of benzene rings is 1. The fraction of sp³-hybridized carbons (Fsp3) is 0.500. The van der Waals surface area contributed by atoms with Crippen LogP contribution >= 0.6 is 27.5 Å². The van der Waals surface area contributed by atoms with Crippen LogP contribution in [0.5, 0.6) is 5.75 Å². The largest absolute Gasteiger partial charge is 0.497 e. The molecule has 0 aliphatic heterocycles. The maximum atomic E-state index is 12.5. The molecule has 0 aliphatic rings. The van der Waals surface area contributed by atoms with Gasteiger partial charge in [-0.1, -0.05) is 15.9 Å². The second-order valence-electron chi connectivity index (χ2n) is 3.97. The van der Waals surface area contributed by atoms with Gasteiger partial charge >= 0.3 is 6.18 Å². The first-order valence-electron chi connectivity index (χ1n) is 5.53. The van der Waals surface area contributed by atoms with Gasteiger partial charge in [-0.25, -0.2) is 0 Å². The standard InChI is InChI=1S/C12H14BrClF3NO/c1-19-10-2-3-11(13)9(6-10)7-18(5-4-14)8-12(15,16)17/h2-3,6H,4-5,7-8H2,1H3. The Balaban J connectivity index is 2.83. The molecule has 1 aromatic rings. The molecule has 19 heavy (non-hydrogen) atoms.